The molecule has 0 aliphatic heterocycles. The SMILES string of the molecule is O=C(O)c1ncc(F)c(C2CCC2)n1. The summed E-state index contributed by atoms with van der Waals surface area (Å²) in [6, 6.07) is 0. The topological polar surface area (TPSA) is 63.1 Å². The quantitative estimate of drug-likeness (QED) is 0.779. The van der Waals surface area contributed by atoms with Crippen molar-refractivity contribution >= 4 is 5.97 Å². The number of carbonyl (C=O) groups is 1. The zero-order valence-corrected chi connectivity index (χ0v) is 7.40. The summed E-state index contributed by atoms with van der Waals surface area (Å²) in [5.74, 6) is -1.96. The average Bonchev–Trinajstić information content (AvgIpc) is 2.05. The molecule has 0 atom stereocenters. The summed E-state index contributed by atoms with van der Waals surface area (Å²) < 4.78 is 13.2. The molecular weight excluding hydrogens is 187 g/mol. The molecule has 4 nitrogen and oxygen atoms in total. The highest BCUT2D eigenvalue weighted by molar-refractivity contribution is 5.82. The van der Waals surface area contributed by atoms with E-state index in [1.165, 1.54) is 0 Å². The van der Waals surface area contributed by atoms with Crippen molar-refractivity contribution in [2.24, 2.45) is 0 Å². The zero-order valence-electron chi connectivity index (χ0n) is 7.40. The summed E-state index contributed by atoms with van der Waals surface area (Å²) in [4.78, 5) is 17.6. The van der Waals surface area contributed by atoms with E-state index in [0.717, 1.165) is 25.5 Å². The molecule has 0 unspecified atom stereocenters. The molecule has 1 fully saturated rings. The molecule has 5 heteroatoms. The monoisotopic (exact) mass is 196 g/mol. The number of nitrogens with zero attached hydrogens (tertiary/aromatic N) is 2. The molecule has 0 radical (unpaired) electrons. The van der Waals surface area contributed by atoms with Gasteiger partial charge in [0.15, 0.2) is 5.82 Å². The van der Waals surface area contributed by atoms with Crippen molar-refractivity contribution in [2.75, 3.05) is 0 Å². The predicted octanol–water partition coefficient (Wildman–Crippen LogP) is 1.58. The van der Waals surface area contributed by atoms with Gasteiger partial charge in [-0.2, -0.15) is 0 Å². The first-order chi connectivity index (χ1) is 6.68. The molecule has 0 spiro atoms. The summed E-state index contributed by atoms with van der Waals surface area (Å²) in [5.41, 5.74) is 0.253. The molecule has 0 bridgehead atoms. The molecule has 1 aliphatic rings. The molecular formula is C9H9FN2O2. The summed E-state index contributed by atoms with van der Waals surface area (Å²) in [5, 5.41) is 8.63. The Balaban J connectivity index is 2.36. The summed E-state index contributed by atoms with van der Waals surface area (Å²) in [7, 11) is 0. The second-order valence-electron chi connectivity index (χ2n) is 3.36. The lowest BCUT2D eigenvalue weighted by atomic mass is 9.82. The Kier molecular flexibility index (Phi) is 2.15. The molecule has 1 saturated carbocycles. The maximum absolute atomic E-state index is 13.2. The molecule has 0 aromatic carbocycles. The fraction of sp³-hybridized carbons (Fsp3) is 0.444. The van der Waals surface area contributed by atoms with Gasteiger partial charge in [-0.1, -0.05) is 6.42 Å². The van der Waals surface area contributed by atoms with Crippen molar-refractivity contribution in [1.82, 2.24) is 9.97 Å². The van der Waals surface area contributed by atoms with Crippen LogP contribution in [0.3, 0.4) is 0 Å². The van der Waals surface area contributed by atoms with Crippen LogP contribution in [0.4, 0.5) is 4.39 Å². The first kappa shape index (κ1) is 9.05. The number of carboxylic acid groups (broad SMARTS) is 1. The number of hydrogen-bond acceptors (Lipinski definition) is 3. The molecule has 0 saturated heterocycles. The van der Waals surface area contributed by atoms with Crippen LogP contribution in [0.5, 0.6) is 0 Å². The molecule has 74 valence electrons. The highest BCUT2D eigenvalue weighted by Crippen LogP contribution is 2.36. The van der Waals surface area contributed by atoms with Crippen LogP contribution < -0.4 is 0 Å². The number of carboxylic acids is 1. The van der Waals surface area contributed by atoms with Crippen LogP contribution in [-0.4, -0.2) is 21.0 Å². The maximum Gasteiger partial charge on any atom is 0.373 e. The number of halogens is 1. The van der Waals surface area contributed by atoms with E-state index < -0.39 is 11.8 Å². The minimum Gasteiger partial charge on any atom is -0.475 e. The van der Waals surface area contributed by atoms with Crippen LogP contribution in [0.25, 0.3) is 0 Å². The molecule has 2 rings (SSSR count). The average molecular weight is 196 g/mol. The lowest BCUT2D eigenvalue weighted by Crippen LogP contribution is -2.16. The van der Waals surface area contributed by atoms with E-state index in [2.05, 4.69) is 9.97 Å². The Labute approximate surface area is 79.8 Å². The third-order valence-electron chi connectivity index (χ3n) is 2.45. The van der Waals surface area contributed by atoms with Gasteiger partial charge in [-0.05, 0) is 12.8 Å². The standard InChI is InChI=1S/C9H9FN2O2/c10-6-4-11-8(9(13)14)12-7(6)5-2-1-3-5/h4-5H,1-3H2,(H,13,14). The zero-order chi connectivity index (χ0) is 10.1. The fourth-order valence-corrected chi connectivity index (χ4v) is 1.45. The number of aromatic nitrogens is 2. The van der Waals surface area contributed by atoms with Gasteiger partial charge >= 0.3 is 5.97 Å². The van der Waals surface area contributed by atoms with Crippen LogP contribution in [0.1, 0.15) is 41.5 Å². The molecule has 1 N–H and O–H groups in total. The largest absolute Gasteiger partial charge is 0.475 e. The smallest absolute Gasteiger partial charge is 0.373 e. The second kappa shape index (κ2) is 3.32. The Morgan fingerprint density at radius 2 is 2.29 bits per heavy atom. The van der Waals surface area contributed by atoms with Crippen molar-refractivity contribution in [2.45, 2.75) is 25.2 Å². The van der Waals surface area contributed by atoms with Gasteiger partial charge in [0.1, 0.15) is 0 Å². The van der Waals surface area contributed by atoms with E-state index in [-0.39, 0.29) is 17.4 Å². The van der Waals surface area contributed by atoms with Gasteiger partial charge in [0.05, 0.1) is 11.9 Å². The first-order valence-electron chi connectivity index (χ1n) is 4.44. The van der Waals surface area contributed by atoms with Gasteiger partial charge in [0.2, 0.25) is 5.82 Å². The van der Waals surface area contributed by atoms with Gasteiger partial charge in [-0.25, -0.2) is 19.2 Å². The van der Waals surface area contributed by atoms with E-state index >= 15 is 0 Å². The number of rotatable bonds is 2. The minimum atomic E-state index is -1.22. The van der Waals surface area contributed by atoms with E-state index in [0.29, 0.717) is 0 Å². The van der Waals surface area contributed by atoms with Crippen molar-refractivity contribution in [1.29, 1.82) is 0 Å². The lowest BCUT2D eigenvalue weighted by Gasteiger charge is -2.24. The van der Waals surface area contributed by atoms with Crippen molar-refractivity contribution in [3.63, 3.8) is 0 Å². The Morgan fingerprint density at radius 1 is 1.57 bits per heavy atom. The maximum atomic E-state index is 13.2. The van der Waals surface area contributed by atoms with Gasteiger partial charge in [-0.15, -0.1) is 0 Å². The van der Waals surface area contributed by atoms with E-state index in [4.69, 9.17) is 5.11 Å². The Hall–Kier alpha value is -1.52. The third kappa shape index (κ3) is 1.45. The van der Waals surface area contributed by atoms with Crippen molar-refractivity contribution in [3.05, 3.63) is 23.5 Å². The minimum absolute atomic E-state index is 0.0797. The van der Waals surface area contributed by atoms with Crippen LogP contribution >= 0.6 is 0 Å². The van der Waals surface area contributed by atoms with E-state index in [9.17, 15) is 9.18 Å². The first-order valence-corrected chi connectivity index (χ1v) is 4.44. The number of hydrogen-bond donors (Lipinski definition) is 1. The molecule has 1 aliphatic carbocycles. The third-order valence-corrected chi connectivity index (χ3v) is 2.45. The molecule has 1 aromatic heterocycles. The number of aromatic carboxylic acids is 1. The Morgan fingerprint density at radius 3 is 2.79 bits per heavy atom. The normalized spacial score (nSPS) is 16.4. The highest BCUT2D eigenvalue weighted by atomic mass is 19.1. The lowest BCUT2D eigenvalue weighted by molar-refractivity contribution is 0.0682. The molecule has 14 heavy (non-hydrogen) atoms. The van der Waals surface area contributed by atoms with Gasteiger partial charge in [0.25, 0.3) is 0 Å². The van der Waals surface area contributed by atoms with Crippen LogP contribution in [0, 0.1) is 5.82 Å². The van der Waals surface area contributed by atoms with Gasteiger partial charge < -0.3 is 5.11 Å². The second-order valence-corrected chi connectivity index (χ2v) is 3.36. The molecule has 1 aromatic rings. The van der Waals surface area contributed by atoms with Gasteiger partial charge in [0, 0.05) is 5.92 Å². The summed E-state index contributed by atoms with van der Waals surface area (Å²) in [6.07, 6.45) is 3.75. The van der Waals surface area contributed by atoms with Crippen molar-refractivity contribution < 1.29 is 14.3 Å². The van der Waals surface area contributed by atoms with Gasteiger partial charge in [-0.3, -0.25) is 0 Å². The summed E-state index contributed by atoms with van der Waals surface area (Å²) in [6.45, 7) is 0. The molecule has 1 heterocycles. The summed E-state index contributed by atoms with van der Waals surface area (Å²) >= 11 is 0. The predicted molar refractivity (Wildman–Crippen MR) is 45.5 cm³/mol. The fourth-order valence-electron chi connectivity index (χ4n) is 1.45. The highest BCUT2D eigenvalue weighted by Gasteiger charge is 2.25. The van der Waals surface area contributed by atoms with Crippen LogP contribution in [0.2, 0.25) is 0 Å². The Bertz CT molecular complexity index is 377. The molecule has 0 amide bonds. The van der Waals surface area contributed by atoms with E-state index in [1.54, 1.807) is 0 Å². The van der Waals surface area contributed by atoms with Crippen molar-refractivity contribution in [3.8, 4) is 0 Å². The van der Waals surface area contributed by atoms with Crippen LogP contribution in [-0.2, 0) is 0 Å². The van der Waals surface area contributed by atoms with Crippen LogP contribution in [0.15, 0.2) is 6.20 Å². The van der Waals surface area contributed by atoms with E-state index in [1.807, 2.05) is 0 Å².